The normalized spacial score (nSPS) is 14.4. The van der Waals surface area contributed by atoms with E-state index in [2.05, 4.69) is 10.2 Å². The summed E-state index contributed by atoms with van der Waals surface area (Å²) in [6.45, 7) is 4.80. The second kappa shape index (κ2) is 12.0. The molecule has 7 nitrogen and oxygen atoms in total. The van der Waals surface area contributed by atoms with Crippen LogP contribution in [0.25, 0.3) is 0 Å². The van der Waals surface area contributed by atoms with E-state index in [1.54, 1.807) is 54.6 Å². The minimum absolute atomic E-state index is 0.111. The van der Waals surface area contributed by atoms with Crippen molar-refractivity contribution in [1.29, 1.82) is 0 Å². The lowest BCUT2D eigenvalue weighted by atomic mass is 10.1. The van der Waals surface area contributed by atoms with Crippen LogP contribution in [0.5, 0.6) is 0 Å². The summed E-state index contributed by atoms with van der Waals surface area (Å²) in [6, 6.07) is 24.6. The quantitative estimate of drug-likeness (QED) is 0.437. The summed E-state index contributed by atoms with van der Waals surface area (Å²) < 4.78 is 34.1. The lowest BCUT2D eigenvalue weighted by Gasteiger charge is -2.27. The van der Waals surface area contributed by atoms with Crippen LogP contribution in [0.1, 0.15) is 22.3 Å². The van der Waals surface area contributed by atoms with Crippen molar-refractivity contribution in [2.75, 3.05) is 43.7 Å². The number of morpholine rings is 1. The second-order valence-corrected chi connectivity index (χ2v) is 10.3. The molecule has 1 amide bonds. The smallest absolute Gasteiger partial charge is 0.264 e. The number of hydrogen-bond donors (Lipinski definition) is 1. The highest BCUT2D eigenvalue weighted by atomic mass is 32.2. The number of nitrogens with one attached hydrogen (secondary N) is 1. The Hall–Kier alpha value is -3.20. The first-order valence-corrected chi connectivity index (χ1v) is 13.3. The summed E-state index contributed by atoms with van der Waals surface area (Å²) in [6.07, 6.45) is 0.809. The SMILES string of the molecule is O=C(NCCCN1CCOCC1)c1ccccc1N(Cc1ccccc1)S(=O)(=O)c1ccccc1. The highest BCUT2D eigenvalue weighted by Crippen LogP contribution is 2.29. The van der Waals surface area contributed by atoms with Gasteiger partial charge in [-0.05, 0) is 42.8 Å². The van der Waals surface area contributed by atoms with Gasteiger partial charge in [0.2, 0.25) is 0 Å². The molecule has 0 unspecified atom stereocenters. The molecule has 0 spiro atoms. The molecule has 184 valence electrons. The lowest BCUT2D eigenvalue weighted by molar-refractivity contribution is 0.0374. The minimum atomic E-state index is -3.91. The number of anilines is 1. The molecule has 0 aromatic heterocycles. The van der Waals surface area contributed by atoms with Gasteiger partial charge in [-0.25, -0.2) is 8.42 Å². The average Bonchev–Trinajstić information content (AvgIpc) is 2.91. The molecule has 3 aromatic carbocycles. The Morgan fingerprint density at radius 2 is 1.51 bits per heavy atom. The molecule has 1 saturated heterocycles. The van der Waals surface area contributed by atoms with E-state index in [9.17, 15) is 13.2 Å². The first-order valence-electron chi connectivity index (χ1n) is 11.8. The molecule has 4 rings (SSSR count). The second-order valence-electron chi connectivity index (χ2n) is 8.39. The van der Waals surface area contributed by atoms with Crippen LogP contribution in [-0.4, -0.2) is 58.6 Å². The van der Waals surface area contributed by atoms with Crippen molar-refractivity contribution in [3.05, 3.63) is 96.1 Å². The Kier molecular flexibility index (Phi) is 8.52. The van der Waals surface area contributed by atoms with Gasteiger partial charge in [-0.3, -0.25) is 14.0 Å². The molecule has 0 aliphatic carbocycles. The van der Waals surface area contributed by atoms with E-state index in [1.807, 2.05) is 30.3 Å². The van der Waals surface area contributed by atoms with Crippen molar-refractivity contribution in [2.45, 2.75) is 17.9 Å². The molecule has 0 atom stereocenters. The molecule has 35 heavy (non-hydrogen) atoms. The van der Waals surface area contributed by atoms with Crippen molar-refractivity contribution in [3.63, 3.8) is 0 Å². The fraction of sp³-hybridized carbons (Fsp3) is 0.296. The zero-order chi connectivity index (χ0) is 24.5. The van der Waals surface area contributed by atoms with Gasteiger partial charge in [0.25, 0.3) is 15.9 Å². The maximum Gasteiger partial charge on any atom is 0.264 e. The minimum Gasteiger partial charge on any atom is -0.379 e. The van der Waals surface area contributed by atoms with Gasteiger partial charge in [0, 0.05) is 19.6 Å². The molecule has 1 N–H and O–H groups in total. The van der Waals surface area contributed by atoms with Crippen LogP contribution < -0.4 is 9.62 Å². The molecule has 1 heterocycles. The Morgan fingerprint density at radius 3 is 2.23 bits per heavy atom. The number of carbonyl (C=O) groups is 1. The predicted octanol–water partition coefficient (Wildman–Crippen LogP) is 3.53. The standard InChI is InChI=1S/C27H31N3O4S/c31-27(28-16-9-17-29-18-20-34-21-19-29)25-14-7-8-15-26(25)30(22-23-10-3-1-4-11-23)35(32,33)24-12-5-2-6-13-24/h1-8,10-15H,9,16-22H2,(H,28,31). The zero-order valence-corrected chi connectivity index (χ0v) is 20.5. The third-order valence-electron chi connectivity index (χ3n) is 5.96. The fourth-order valence-corrected chi connectivity index (χ4v) is 5.57. The molecule has 0 saturated carbocycles. The van der Waals surface area contributed by atoms with Gasteiger partial charge >= 0.3 is 0 Å². The number of para-hydroxylation sites is 1. The molecule has 1 fully saturated rings. The van der Waals surface area contributed by atoms with Gasteiger partial charge in [0.1, 0.15) is 0 Å². The van der Waals surface area contributed by atoms with Gasteiger partial charge in [-0.15, -0.1) is 0 Å². The van der Waals surface area contributed by atoms with E-state index in [1.165, 1.54) is 4.31 Å². The summed E-state index contributed by atoms with van der Waals surface area (Å²) in [5.41, 5.74) is 1.51. The Morgan fingerprint density at radius 1 is 0.886 bits per heavy atom. The molecular weight excluding hydrogens is 462 g/mol. The Balaban J connectivity index is 1.56. The highest BCUT2D eigenvalue weighted by Gasteiger charge is 2.28. The molecule has 0 radical (unpaired) electrons. The van der Waals surface area contributed by atoms with Gasteiger partial charge in [-0.2, -0.15) is 0 Å². The van der Waals surface area contributed by atoms with Gasteiger partial charge in [0.05, 0.1) is 35.9 Å². The van der Waals surface area contributed by atoms with E-state index in [-0.39, 0.29) is 17.3 Å². The van der Waals surface area contributed by atoms with Crippen molar-refractivity contribution in [3.8, 4) is 0 Å². The third kappa shape index (κ3) is 6.48. The van der Waals surface area contributed by atoms with Gasteiger partial charge in [0.15, 0.2) is 0 Å². The van der Waals surface area contributed by atoms with Gasteiger partial charge < -0.3 is 10.1 Å². The topological polar surface area (TPSA) is 79.0 Å². The highest BCUT2D eigenvalue weighted by molar-refractivity contribution is 7.92. The number of ether oxygens (including phenoxy) is 1. The summed E-state index contributed by atoms with van der Waals surface area (Å²) in [4.78, 5) is 15.7. The van der Waals surface area contributed by atoms with Gasteiger partial charge in [-0.1, -0.05) is 60.7 Å². The van der Waals surface area contributed by atoms with Crippen molar-refractivity contribution in [2.24, 2.45) is 0 Å². The van der Waals surface area contributed by atoms with Crippen LogP contribution >= 0.6 is 0 Å². The van der Waals surface area contributed by atoms with Crippen LogP contribution in [-0.2, 0) is 21.3 Å². The molecular formula is C27H31N3O4S. The number of carbonyl (C=O) groups excluding carboxylic acids is 1. The van der Waals surface area contributed by atoms with E-state index < -0.39 is 10.0 Å². The maximum atomic E-state index is 13.7. The molecule has 8 heteroatoms. The first kappa shape index (κ1) is 24.9. The average molecular weight is 494 g/mol. The summed E-state index contributed by atoms with van der Waals surface area (Å²) in [5, 5.41) is 2.97. The number of hydrogen-bond acceptors (Lipinski definition) is 5. The van der Waals surface area contributed by atoms with Crippen LogP contribution in [0.3, 0.4) is 0 Å². The van der Waals surface area contributed by atoms with Crippen molar-refractivity contribution >= 4 is 21.6 Å². The molecule has 1 aliphatic heterocycles. The van der Waals surface area contributed by atoms with Crippen LogP contribution in [0.2, 0.25) is 0 Å². The fourth-order valence-electron chi connectivity index (χ4n) is 4.08. The van der Waals surface area contributed by atoms with E-state index in [4.69, 9.17) is 4.74 Å². The zero-order valence-electron chi connectivity index (χ0n) is 19.7. The number of amides is 1. The number of nitrogens with zero attached hydrogens (tertiary/aromatic N) is 2. The first-order chi connectivity index (χ1) is 17.1. The predicted molar refractivity (Wildman–Crippen MR) is 137 cm³/mol. The van der Waals surface area contributed by atoms with Crippen LogP contribution in [0.4, 0.5) is 5.69 Å². The molecule has 3 aromatic rings. The number of benzene rings is 3. The molecule has 1 aliphatic rings. The monoisotopic (exact) mass is 493 g/mol. The Bertz CT molecular complexity index is 1200. The largest absolute Gasteiger partial charge is 0.379 e. The summed E-state index contributed by atoms with van der Waals surface area (Å²) in [5.74, 6) is -0.288. The van der Waals surface area contributed by atoms with Crippen molar-refractivity contribution < 1.29 is 17.9 Å². The van der Waals surface area contributed by atoms with E-state index >= 15 is 0 Å². The van der Waals surface area contributed by atoms with Crippen LogP contribution in [0.15, 0.2) is 89.8 Å². The maximum absolute atomic E-state index is 13.7. The Labute approximate surface area is 207 Å². The van der Waals surface area contributed by atoms with E-state index in [0.29, 0.717) is 17.8 Å². The van der Waals surface area contributed by atoms with E-state index in [0.717, 1.165) is 44.8 Å². The summed E-state index contributed by atoms with van der Waals surface area (Å²) in [7, 11) is -3.91. The number of sulfonamides is 1. The lowest BCUT2D eigenvalue weighted by Crippen LogP contribution is -2.38. The summed E-state index contributed by atoms with van der Waals surface area (Å²) >= 11 is 0. The van der Waals surface area contributed by atoms with Crippen molar-refractivity contribution in [1.82, 2.24) is 10.2 Å². The molecule has 0 bridgehead atoms. The number of rotatable bonds is 10. The van der Waals surface area contributed by atoms with Crippen LogP contribution in [0, 0.1) is 0 Å². The third-order valence-corrected chi connectivity index (χ3v) is 7.73.